The van der Waals surface area contributed by atoms with E-state index in [4.69, 9.17) is 8.83 Å². The molecule has 1 aliphatic heterocycles. The van der Waals surface area contributed by atoms with Crippen LogP contribution in [0.25, 0.3) is 0 Å². The van der Waals surface area contributed by atoms with Gasteiger partial charge in [-0.05, 0) is 37.5 Å². The fraction of sp³-hybridized carbons (Fsp3) is 0.200. The summed E-state index contributed by atoms with van der Waals surface area (Å²) in [6.07, 6.45) is 3.18. The quantitative estimate of drug-likeness (QED) is 0.642. The lowest BCUT2D eigenvalue weighted by Gasteiger charge is -2.31. The highest BCUT2D eigenvalue weighted by atomic mass is 31.1. The monoisotopic (exact) mass is 382 g/mol. The maximum absolute atomic E-state index is 12.6. The Kier molecular flexibility index (Phi) is 4.58. The van der Waals surface area contributed by atoms with Gasteiger partial charge in [0.25, 0.3) is 0 Å². The van der Waals surface area contributed by atoms with Gasteiger partial charge in [-0.15, -0.1) is 0 Å². The third-order valence-electron chi connectivity index (χ3n) is 4.52. The summed E-state index contributed by atoms with van der Waals surface area (Å²) in [5, 5.41) is 4.10. The van der Waals surface area contributed by atoms with Crippen molar-refractivity contribution in [2.75, 3.05) is 0 Å². The molecule has 3 atom stereocenters. The molecule has 1 aromatic carbocycles. The molecular formula is C20H19N2O4P. The third kappa shape index (κ3) is 2.96. The zero-order chi connectivity index (χ0) is 19.0. The number of benzene rings is 1. The van der Waals surface area contributed by atoms with E-state index < -0.39 is 19.5 Å². The number of carbonyl (C=O) groups excluding carboxylic acids is 2. The molecule has 0 N–H and O–H groups in total. The van der Waals surface area contributed by atoms with Gasteiger partial charge in [0, 0.05) is 13.8 Å². The highest BCUT2D eigenvalue weighted by molar-refractivity contribution is 7.66. The predicted octanol–water partition coefficient (Wildman–Crippen LogP) is 4.00. The predicted molar refractivity (Wildman–Crippen MR) is 101 cm³/mol. The maximum Gasteiger partial charge on any atom is 0.239 e. The summed E-state index contributed by atoms with van der Waals surface area (Å²) in [5.74, 6) is 0.0805. The molecule has 1 unspecified atom stereocenters. The zero-order valence-electron chi connectivity index (χ0n) is 15.0. The van der Waals surface area contributed by atoms with Crippen LogP contribution in [0.5, 0.6) is 0 Å². The molecule has 0 radical (unpaired) electrons. The molecule has 138 valence electrons. The van der Waals surface area contributed by atoms with Gasteiger partial charge in [-0.1, -0.05) is 30.3 Å². The van der Waals surface area contributed by atoms with E-state index in [1.165, 1.54) is 23.9 Å². The van der Waals surface area contributed by atoms with Crippen LogP contribution >= 0.6 is 7.92 Å². The summed E-state index contributed by atoms with van der Waals surface area (Å²) in [6.45, 7) is 2.93. The Bertz CT molecular complexity index is 866. The largest absolute Gasteiger partial charge is 0.467 e. The van der Waals surface area contributed by atoms with Crippen LogP contribution in [0, 0.1) is 0 Å². The Morgan fingerprint density at radius 2 is 1.26 bits per heavy atom. The van der Waals surface area contributed by atoms with Gasteiger partial charge >= 0.3 is 0 Å². The lowest BCUT2D eigenvalue weighted by molar-refractivity contribution is -0.163. The number of carbonyl (C=O) groups is 2. The van der Waals surface area contributed by atoms with Crippen molar-refractivity contribution in [2.24, 2.45) is 0 Å². The summed E-state index contributed by atoms with van der Waals surface area (Å²) in [7, 11) is -1.09. The number of hydrazine groups is 1. The molecule has 1 saturated heterocycles. The molecule has 0 bridgehead atoms. The molecule has 6 nitrogen and oxygen atoms in total. The van der Waals surface area contributed by atoms with Crippen LogP contribution in [0.2, 0.25) is 0 Å². The third-order valence-corrected chi connectivity index (χ3v) is 7.41. The number of furan rings is 2. The number of hydrogen-bond acceptors (Lipinski definition) is 4. The highest BCUT2D eigenvalue weighted by Crippen LogP contribution is 2.69. The highest BCUT2D eigenvalue weighted by Gasteiger charge is 2.54. The molecule has 27 heavy (non-hydrogen) atoms. The molecule has 0 saturated carbocycles. The van der Waals surface area contributed by atoms with Gasteiger partial charge in [-0.25, -0.2) is 10.0 Å². The number of rotatable bonds is 3. The second-order valence-corrected chi connectivity index (χ2v) is 8.56. The first kappa shape index (κ1) is 17.6. The number of nitrogens with zero attached hydrogens (tertiary/aromatic N) is 2. The second-order valence-electron chi connectivity index (χ2n) is 6.25. The van der Waals surface area contributed by atoms with Gasteiger partial charge in [-0.3, -0.25) is 9.59 Å². The Morgan fingerprint density at radius 3 is 1.63 bits per heavy atom. The van der Waals surface area contributed by atoms with Crippen LogP contribution in [0.15, 0.2) is 76.0 Å². The first-order valence-corrected chi connectivity index (χ1v) is 10.1. The van der Waals surface area contributed by atoms with E-state index in [0.717, 1.165) is 5.30 Å². The summed E-state index contributed by atoms with van der Waals surface area (Å²) in [4.78, 5) is 25.3. The van der Waals surface area contributed by atoms with Crippen LogP contribution in [-0.2, 0) is 9.59 Å². The van der Waals surface area contributed by atoms with Crippen LogP contribution in [0.1, 0.15) is 36.9 Å². The summed E-state index contributed by atoms with van der Waals surface area (Å²) >= 11 is 0. The van der Waals surface area contributed by atoms with Crippen molar-refractivity contribution in [3.05, 3.63) is 78.6 Å². The van der Waals surface area contributed by atoms with Crippen molar-refractivity contribution >= 4 is 25.0 Å². The van der Waals surface area contributed by atoms with E-state index in [9.17, 15) is 9.59 Å². The summed E-state index contributed by atoms with van der Waals surface area (Å²) in [5.41, 5.74) is 0. The smallest absolute Gasteiger partial charge is 0.239 e. The first-order valence-electron chi connectivity index (χ1n) is 8.59. The van der Waals surface area contributed by atoms with Crippen molar-refractivity contribution in [3.63, 3.8) is 0 Å². The Labute approximate surface area is 158 Å². The van der Waals surface area contributed by atoms with Gasteiger partial charge < -0.3 is 8.83 Å². The van der Waals surface area contributed by atoms with Crippen molar-refractivity contribution in [2.45, 2.75) is 25.4 Å². The summed E-state index contributed by atoms with van der Waals surface area (Å²) < 4.78 is 11.4. The van der Waals surface area contributed by atoms with Gasteiger partial charge in [0.2, 0.25) is 11.8 Å². The molecule has 3 aromatic rings. The Morgan fingerprint density at radius 1 is 0.778 bits per heavy atom. The van der Waals surface area contributed by atoms with Crippen LogP contribution < -0.4 is 5.30 Å². The number of hydrogen-bond donors (Lipinski definition) is 0. The molecule has 4 rings (SSSR count). The zero-order valence-corrected chi connectivity index (χ0v) is 15.9. The van der Waals surface area contributed by atoms with E-state index in [1.807, 2.05) is 42.5 Å². The Balaban J connectivity index is 1.96. The second kappa shape index (κ2) is 7.05. The van der Waals surface area contributed by atoms with Gasteiger partial charge in [0.15, 0.2) is 0 Å². The standard InChI is InChI=1S/C20H19N2O4P/c1-14(23)21-19(17-10-6-12-25-17)27(16-8-4-3-5-9-16)20(22(21)15(2)24)18-11-7-13-26-18/h3-13,19-20H,1-2H3/t19-,20+,27?. The van der Waals surface area contributed by atoms with Crippen LogP contribution in [0.4, 0.5) is 0 Å². The molecule has 0 aliphatic carbocycles. The minimum atomic E-state index is -1.09. The van der Waals surface area contributed by atoms with Gasteiger partial charge in [0.1, 0.15) is 23.1 Å². The normalized spacial score (nSPS) is 22.2. The topological polar surface area (TPSA) is 66.9 Å². The minimum Gasteiger partial charge on any atom is -0.467 e. The molecule has 7 heteroatoms. The van der Waals surface area contributed by atoms with Gasteiger partial charge in [0.05, 0.1) is 12.5 Å². The molecule has 1 fully saturated rings. The summed E-state index contributed by atoms with van der Waals surface area (Å²) in [6, 6.07) is 17.2. The molecule has 2 aromatic heterocycles. The van der Waals surface area contributed by atoms with Crippen LogP contribution in [-0.4, -0.2) is 21.8 Å². The lowest BCUT2D eigenvalue weighted by atomic mass is 10.4. The van der Waals surface area contributed by atoms with E-state index in [2.05, 4.69) is 0 Å². The van der Waals surface area contributed by atoms with Crippen molar-refractivity contribution in [3.8, 4) is 0 Å². The lowest BCUT2D eigenvalue weighted by Crippen LogP contribution is -2.44. The average molecular weight is 382 g/mol. The SMILES string of the molecule is CC(=O)N1[C@@H](c2ccco2)P(c2ccccc2)[C@@H](c2ccco2)N1C(C)=O. The first-order chi connectivity index (χ1) is 13.1. The van der Waals surface area contributed by atoms with Crippen molar-refractivity contribution in [1.82, 2.24) is 10.0 Å². The Hall–Kier alpha value is -2.85. The van der Waals surface area contributed by atoms with E-state index >= 15 is 0 Å². The van der Waals surface area contributed by atoms with E-state index in [0.29, 0.717) is 11.5 Å². The van der Waals surface area contributed by atoms with Crippen LogP contribution in [0.3, 0.4) is 0 Å². The maximum atomic E-state index is 12.6. The fourth-order valence-electron chi connectivity index (χ4n) is 3.53. The minimum absolute atomic E-state index is 0.218. The molecule has 1 aliphatic rings. The number of amides is 2. The molecular weight excluding hydrogens is 363 g/mol. The molecule has 3 heterocycles. The van der Waals surface area contributed by atoms with Crippen molar-refractivity contribution in [1.29, 1.82) is 0 Å². The average Bonchev–Trinajstić information content (AvgIpc) is 3.39. The fourth-order valence-corrected chi connectivity index (χ4v) is 6.74. The molecule has 0 spiro atoms. The van der Waals surface area contributed by atoms with Gasteiger partial charge in [-0.2, -0.15) is 0 Å². The molecule has 2 amide bonds. The van der Waals surface area contributed by atoms with E-state index in [1.54, 1.807) is 24.7 Å². The van der Waals surface area contributed by atoms with Crippen molar-refractivity contribution < 1.29 is 18.4 Å². The van der Waals surface area contributed by atoms with E-state index in [-0.39, 0.29) is 11.8 Å².